The van der Waals surface area contributed by atoms with E-state index in [1.165, 1.54) is 12.5 Å². The Labute approximate surface area is 184 Å². The van der Waals surface area contributed by atoms with Crippen molar-refractivity contribution < 1.29 is 13.9 Å². The average molecular weight is 423 g/mol. The Morgan fingerprint density at radius 1 is 1.03 bits per heavy atom. The lowest BCUT2D eigenvalue weighted by Crippen LogP contribution is -2.65. The lowest BCUT2D eigenvalue weighted by molar-refractivity contribution is -0.152. The van der Waals surface area contributed by atoms with Gasteiger partial charge in [-0.15, -0.1) is 0 Å². The van der Waals surface area contributed by atoms with Gasteiger partial charge >= 0.3 is 0 Å². The van der Waals surface area contributed by atoms with E-state index in [2.05, 4.69) is 9.80 Å². The smallest absolute Gasteiger partial charge is 0.223 e. The second-order valence-corrected chi connectivity index (χ2v) is 9.34. The summed E-state index contributed by atoms with van der Waals surface area (Å²) in [7, 11) is 0. The molecule has 3 aliphatic heterocycles. The molecule has 3 heterocycles. The van der Waals surface area contributed by atoms with E-state index in [-0.39, 0.29) is 11.9 Å². The number of para-hydroxylation sites is 1. The van der Waals surface area contributed by atoms with Gasteiger partial charge in [0.1, 0.15) is 18.2 Å². The van der Waals surface area contributed by atoms with Gasteiger partial charge in [0.2, 0.25) is 5.91 Å². The Hall–Kier alpha value is -2.40. The van der Waals surface area contributed by atoms with Crippen molar-refractivity contribution in [1.29, 1.82) is 0 Å². The first-order valence-corrected chi connectivity index (χ1v) is 11.6. The van der Waals surface area contributed by atoms with Crippen LogP contribution in [-0.4, -0.2) is 54.0 Å². The summed E-state index contributed by atoms with van der Waals surface area (Å²) in [6.07, 6.45) is 4.66. The van der Waals surface area contributed by atoms with Crippen LogP contribution in [-0.2, 0) is 11.2 Å². The molecule has 0 spiro atoms. The van der Waals surface area contributed by atoms with E-state index in [9.17, 15) is 9.18 Å². The van der Waals surface area contributed by atoms with E-state index in [4.69, 9.17) is 4.74 Å². The topological polar surface area (TPSA) is 32.8 Å². The van der Waals surface area contributed by atoms with Crippen molar-refractivity contribution in [2.45, 2.75) is 44.2 Å². The zero-order valence-corrected chi connectivity index (χ0v) is 18.0. The Morgan fingerprint density at radius 3 is 2.71 bits per heavy atom. The van der Waals surface area contributed by atoms with Gasteiger partial charge in [0.25, 0.3) is 0 Å². The molecule has 2 aromatic rings. The molecule has 3 fully saturated rings. The van der Waals surface area contributed by atoms with Crippen molar-refractivity contribution in [1.82, 2.24) is 9.80 Å². The SMILES string of the molecule is O=C1CCC[C@H]2[C@@H]3C[C@@H](CN(CCOc4ccccc4)C3)[C@H](Cc3cccc(F)c3)N12. The van der Waals surface area contributed by atoms with E-state index in [1.807, 2.05) is 36.4 Å². The predicted octanol–water partition coefficient (Wildman–Crippen LogP) is 4.15. The fourth-order valence-electron chi connectivity index (χ4n) is 6.03. The third-order valence-electron chi connectivity index (χ3n) is 7.33. The van der Waals surface area contributed by atoms with Crippen LogP contribution in [0.2, 0.25) is 0 Å². The number of carbonyl (C=O) groups excluding carboxylic acids is 1. The summed E-state index contributed by atoms with van der Waals surface area (Å²) < 4.78 is 19.8. The zero-order valence-electron chi connectivity index (χ0n) is 18.0. The van der Waals surface area contributed by atoms with E-state index < -0.39 is 0 Å². The molecule has 31 heavy (non-hydrogen) atoms. The number of likely N-dealkylation sites (tertiary alicyclic amines) is 1. The fraction of sp³-hybridized carbons (Fsp3) is 0.500. The first-order valence-electron chi connectivity index (χ1n) is 11.6. The Balaban J connectivity index is 1.30. The van der Waals surface area contributed by atoms with Crippen LogP contribution in [0.25, 0.3) is 0 Å². The summed E-state index contributed by atoms with van der Waals surface area (Å²) >= 11 is 0. The summed E-state index contributed by atoms with van der Waals surface area (Å²) in [5, 5.41) is 0. The first kappa shape index (κ1) is 20.5. The van der Waals surface area contributed by atoms with E-state index in [0.717, 1.165) is 50.2 Å². The molecule has 5 rings (SSSR count). The molecule has 0 saturated carbocycles. The molecule has 0 N–H and O–H groups in total. The standard InChI is InChI=1S/C26H31FN2O2/c27-22-7-4-6-19(14-22)15-25-21-16-20(24-10-5-11-26(30)29(24)25)17-28(18-21)12-13-31-23-8-2-1-3-9-23/h1-4,6-9,14,20-21,24-25H,5,10-13,15-18H2/t20-,21+,24+,25+/m1/s1. The largest absolute Gasteiger partial charge is 0.492 e. The van der Waals surface area contributed by atoms with Crippen LogP contribution in [0.15, 0.2) is 54.6 Å². The number of hydrogen-bond acceptors (Lipinski definition) is 3. The number of benzene rings is 2. The second kappa shape index (κ2) is 8.99. The van der Waals surface area contributed by atoms with Crippen LogP contribution >= 0.6 is 0 Å². The van der Waals surface area contributed by atoms with Crippen molar-refractivity contribution in [3.8, 4) is 5.75 Å². The van der Waals surface area contributed by atoms with Gasteiger partial charge in [-0.25, -0.2) is 4.39 Å². The van der Waals surface area contributed by atoms with Gasteiger partial charge in [0, 0.05) is 38.1 Å². The maximum Gasteiger partial charge on any atom is 0.223 e. The molecule has 3 aliphatic rings. The molecule has 4 atom stereocenters. The first-order chi connectivity index (χ1) is 15.2. The molecule has 2 aromatic carbocycles. The number of piperidine rings is 3. The zero-order chi connectivity index (χ0) is 21.2. The third kappa shape index (κ3) is 4.47. The highest BCUT2D eigenvalue weighted by atomic mass is 19.1. The van der Waals surface area contributed by atoms with E-state index >= 15 is 0 Å². The molecular weight excluding hydrogens is 391 g/mol. The van der Waals surface area contributed by atoms with Crippen molar-refractivity contribution >= 4 is 5.91 Å². The number of hydrogen-bond donors (Lipinski definition) is 0. The number of rotatable bonds is 6. The minimum Gasteiger partial charge on any atom is -0.492 e. The minimum atomic E-state index is -0.198. The van der Waals surface area contributed by atoms with Crippen molar-refractivity contribution in [2.24, 2.45) is 11.8 Å². The minimum absolute atomic E-state index is 0.161. The maximum absolute atomic E-state index is 13.8. The van der Waals surface area contributed by atoms with Crippen LogP contribution in [0.5, 0.6) is 5.75 Å². The molecule has 0 aromatic heterocycles. The van der Waals surface area contributed by atoms with Gasteiger partial charge < -0.3 is 9.64 Å². The Bertz CT molecular complexity index is 905. The number of carbonyl (C=O) groups is 1. The average Bonchev–Trinajstić information content (AvgIpc) is 2.78. The number of halogens is 1. The van der Waals surface area contributed by atoms with Crippen LogP contribution in [0, 0.1) is 17.7 Å². The maximum atomic E-state index is 13.8. The Morgan fingerprint density at radius 2 is 1.87 bits per heavy atom. The lowest BCUT2D eigenvalue weighted by atomic mass is 9.71. The third-order valence-corrected chi connectivity index (χ3v) is 7.33. The summed E-state index contributed by atoms with van der Waals surface area (Å²) in [6, 6.07) is 17.3. The van der Waals surface area contributed by atoms with Gasteiger partial charge in [-0.1, -0.05) is 30.3 Å². The van der Waals surface area contributed by atoms with Gasteiger partial charge in [0.15, 0.2) is 0 Å². The van der Waals surface area contributed by atoms with Gasteiger partial charge in [-0.3, -0.25) is 9.69 Å². The van der Waals surface area contributed by atoms with Gasteiger partial charge in [0.05, 0.1) is 0 Å². The molecule has 0 radical (unpaired) electrons. The number of fused-ring (bicyclic) bond motifs is 4. The molecule has 0 aliphatic carbocycles. The Kier molecular flexibility index (Phi) is 5.95. The molecule has 0 unspecified atom stereocenters. The fourth-order valence-corrected chi connectivity index (χ4v) is 6.03. The molecule has 1 amide bonds. The van der Waals surface area contributed by atoms with Gasteiger partial charge in [-0.05, 0) is 67.3 Å². The number of nitrogens with zero attached hydrogens (tertiary/aromatic N) is 2. The second-order valence-electron chi connectivity index (χ2n) is 9.34. The monoisotopic (exact) mass is 422 g/mol. The predicted molar refractivity (Wildman–Crippen MR) is 118 cm³/mol. The van der Waals surface area contributed by atoms with Crippen LogP contribution < -0.4 is 4.74 Å². The lowest BCUT2D eigenvalue weighted by Gasteiger charge is -2.56. The summed E-state index contributed by atoms with van der Waals surface area (Å²) in [6.45, 7) is 3.58. The number of ether oxygens (including phenoxy) is 1. The van der Waals surface area contributed by atoms with Crippen LogP contribution in [0.3, 0.4) is 0 Å². The molecule has 4 nitrogen and oxygen atoms in total. The van der Waals surface area contributed by atoms with Crippen LogP contribution in [0.1, 0.15) is 31.2 Å². The molecule has 3 saturated heterocycles. The van der Waals surface area contributed by atoms with Crippen LogP contribution in [0.4, 0.5) is 4.39 Å². The summed E-state index contributed by atoms with van der Waals surface area (Å²) in [5.74, 6) is 1.97. The highest BCUT2D eigenvalue weighted by Gasteiger charge is 2.49. The normalized spacial score (nSPS) is 28.3. The highest BCUT2D eigenvalue weighted by molar-refractivity contribution is 5.78. The van der Waals surface area contributed by atoms with E-state index in [1.54, 1.807) is 12.1 Å². The summed E-state index contributed by atoms with van der Waals surface area (Å²) in [5.41, 5.74) is 0.991. The van der Waals surface area contributed by atoms with Crippen molar-refractivity contribution in [3.05, 3.63) is 66.0 Å². The molecule has 5 heteroatoms. The number of amides is 1. The molecular formula is C26H31FN2O2. The molecule has 164 valence electrons. The molecule has 2 bridgehead atoms. The van der Waals surface area contributed by atoms with Crippen molar-refractivity contribution in [3.63, 3.8) is 0 Å². The van der Waals surface area contributed by atoms with Crippen molar-refractivity contribution in [2.75, 3.05) is 26.2 Å². The van der Waals surface area contributed by atoms with E-state index in [0.29, 0.717) is 36.8 Å². The van der Waals surface area contributed by atoms with Gasteiger partial charge in [-0.2, -0.15) is 0 Å². The summed E-state index contributed by atoms with van der Waals surface area (Å²) in [4.78, 5) is 17.7. The quantitative estimate of drug-likeness (QED) is 0.701. The highest BCUT2D eigenvalue weighted by Crippen LogP contribution is 2.42.